The Hall–Kier alpha value is -11.0. The lowest BCUT2D eigenvalue weighted by Crippen LogP contribution is -2.47. The molecule has 33 heteroatoms. The van der Waals surface area contributed by atoms with E-state index < -0.39 is 198 Å². The predicted octanol–water partition coefficient (Wildman–Crippen LogP) is 6.56. The zero-order valence-electron chi connectivity index (χ0n) is 59.1. The number of benzene rings is 2. The van der Waals surface area contributed by atoms with E-state index >= 15 is 0 Å². The first-order valence-corrected chi connectivity index (χ1v) is 32.3. The number of aliphatic hydroxyl groups is 1. The number of alkyl halides is 2. The number of ether oxygens (including phenoxy) is 14. The molecule has 0 saturated heterocycles. The van der Waals surface area contributed by atoms with Crippen LogP contribution in [0.15, 0.2) is 175 Å². The summed E-state index contributed by atoms with van der Waals surface area (Å²) in [4.78, 5) is 167. The summed E-state index contributed by atoms with van der Waals surface area (Å²) in [6, 6.07) is 11.7. The SMILES string of the molecule is C=CC(=O)OCC(CO)(COCC(COC(=O)C=C)(COC(=O)C=C)COC(=O)C=C)COC(=O)C=C.C=CC(=O)OCC(COCC(COC(=O)C=C)(COC(=O)C=C)COC(=O)c1ccccc1C(=O)O)(COC(=O)C=C)COC(=O)C=C.CCN(CC)CC.ClCCl.O=C1OC(=O)c2ccccc21. The highest BCUT2D eigenvalue weighted by Gasteiger charge is 2.42. The lowest BCUT2D eigenvalue weighted by molar-refractivity contribution is -0.170. The number of halogens is 2. The molecule has 580 valence electrons. The van der Waals surface area contributed by atoms with Gasteiger partial charge in [0.15, 0.2) is 0 Å². The molecule has 0 saturated carbocycles. The first-order valence-electron chi connectivity index (χ1n) is 31.3. The maximum absolute atomic E-state index is 13.0. The minimum Gasteiger partial charge on any atom is -0.478 e. The van der Waals surface area contributed by atoms with Gasteiger partial charge in [0.25, 0.3) is 0 Å². The zero-order chi connectivity index (χ0) is 80.7. The number of carboxylic acid groups (broad SMARTS) is 1. The van der Waals surface area contributed by atoms with Gasteiger partial charge in [0.05, 0.1) is 82.3 Å². The van der Waals surface area contributed by atoms with Gasteiger partial charge in [-0.1, -0.05) is 111 Å². The van der Waals surface area contributed by atoms with Gasteiger partial charge < -0.3 is 81.4 Å². The van der Waals surface area contributed by atoms with Crippen LogP contribution in [0.5, 0.6) is 0 Å². The highest BCUT2D eigenvalue weighted by molar-refractivity contribution is 6.40. The van der Waals surface area contributed by atoms with Crippen LogP contribution in [0.3, 0.4) is 0 Å². The second-order valence-electron chi connectivity index (χ2n) is 21.6. The number of hydrogen-bond donors (Lipinski definition) is 2. The molecule has 0 atom stereocenters. The Balaban J connectivity index is 0. The number of carboxylic acids is 1. The number of carbonyl (C=O) groups excluding carboxylic acids is 13. The summed E-state index contributed by atoms with van der Waals surface area (Å²) in [6.45, 7) is 35.0. The minimum absolute atomic E-state index is 0.194. The first kappa shape index (κ1) is 97.1. The van der Waals surface area contributed by atoms with Crippen molar-refractivity contribution in [3.8, 4) is 0 Å². The van der Waals surface area contributed by atoms with Gasteiger partial charge in [-0.05, 0) is 43.9 Å². The number of esters is 13. The quantitative estimate of drug-likeness (QED) is 0.0233. The summed E-state index contributed by atoms with van der Waals surface area (Å²) in [5, 5.41) is 19.7. The third-order valence-corrected chi connectivity index (χ3v) is 13.6. The van der Waals surface area contributed by atoms with E-state index in [1.165, 1.54) is 43.9 Å². The zero-order valence-corrected chi connectivity index (χ0v) is 60.6. The maximum Gasteiger partial charge on any atom is 0.346 e. The van der Waals surface area contributed by atoms with Gasteiger partial charge in [-0.2, -0.15) is 0 Å². The van der Waals surface area contributed by atoms with Crippen molar-refractivity contribution in [1.82, 2.24) is 4.90 Å². The topological polar surface area (TPSA) is 412 Å². The highest BCUT2D eigenvalue weighted by atomic mass is 35.5. The Morgan fingerprint density at radius 3 is 0.783 bits per heavy atom. The highest BCUT2D eigenvalue weighted by Crippen LogP contribution is 2.29. The predicted molar refractivity (Wildman–Crippen MR) is 380 cm³/mol. The van der Waals surface area contributed by atoms with E-state index in [1.807, 2.05) is 0 Å². The molecule has 0 radical (unpaired) electrons. The molecule has 0 amide bonds. The molecule has 1 heterocycles. The molecule has 1 aliphatic rings. The fraction of sp³-hybridized carbons (Fsp3) is 0.370. The first-order chi connectivity index (χ1) is 50.4. The van der Waals surface area contributed by atoms with E-state index in [9.17, 15) is 77.3 Å². The molecule has 0 aromatic heterocycles. The van der Waals surface area contributed by atoms with Crippen LogP contribution in [0.4, 0.5) is 0 Å². The normalized spacial score (nSPS) is 10.9. The minimum atomic E-state index is -1.68. The Labute approximate surface area is 623 Å². The van der Waals surface area contributed by atoms with E-state index in [1.54, 1.807) is 24.3 Å². The summed E-state index contributed by atoms with van der Waals surface area (Å²) in [7, 11) is 0. The van der Waals surface area contributed by atoms with E-state index in [0.29, 0.717) is 11.1 Å². The number of nitrogens with zero attached hydrogens (tertiary/aromatic N) is 1. The number of hydrogen-bond acceptors (Lipinski definition) is 30. The molecule has 1 aliphatic heterocycles. The van der Waals surface area contributed by atoms with E-state index in [0.717, 1.165) is 60.8 Å². The van der Waals surface area contributed by atoms with Crippen LogP contribution in [-0.4, -0.2) is 229 Å². The van der Waals surface area contributed by atoms with Crippen molar-refractivity contribution in [1.29, 1.82) is 0 Å². The molecule has 0 spiro atoms. The average Bonchev–Trinajstić information content (AvgIpc) is 1.68. The number of carbonyl (C=O) groups is 14. The molecule has 0 fully saturated rings. The van der Waals surface area contributed by atoms with Gasteiger partial charge in [0.2, 0.25) is 0 Å². The van der Waals surface area contributed by atoms with Crippen molar-refractivity contribution < 1.29 is 144 Å². The van der Waals surface area contributed by atoms with Crippen LogP contribution in [0.2, 0.25) is 0 Å². The Bertz CT molecular complexity index is 3180. The van der Waals surface area contributed by atoms with E-state index in [2.05, 4.69) is 96.2 Å². The summed E-state index contributed by atoms with van der Waals surface area (Å²) >= 11 is 9.53. The van der Waals surface area contributed by atoms with E-state index in [-0.39, 0.29) is 29.7 Å². The third kappa shape index (κ3) is 39.1. The van der Waals surface area contributed by atoms with Crippen molar-refractivity contribution in [3.63, 3.8) is 0 Å². The van der Waals surface area contributed by atoms with Crippen LogP contribution >= 0.6 is 23.2 Å². The Morgan fingerprint density at radius 1 is 0.368 bits per heavy atom. The molecule has 2 aromatic rings. The van der Waals surface area contributed by atoms with Crippen molar-refractivity contribution in [2.24, 2.45) is 21.7 Å². The molecule has 3 rings (SSSR count). The van der Waals surface area contributed by atoms with Gasteiger partial charge in [-0.15, -0.1) is 23.2 Å². The second kappa shape index (κ2) is 54.7. The number of cyclic esters (lactones) is 2. The third-order valence-electron chi connectivity index (χ3n) is 13.6. The van der Waals surface area contributed by atoms with Crippen LogP contribution in [0.25, 0.3) is 0 Å². The standard InChI is InChI=1S/C33H36O15.C25H32O12.C8H4O3.C6H15N.CH2Cl2/c1-6-25(34)43-17-32(18-44-26(35)7-2,19-45-27(36)8-3)15-42-16-33(20-46-28(37)9-4,21-47-29(38)10-5)22-48-31(41)24-14-12-11-13-23(24)30(39)40;1-6-19(27)33-14-24(11-26,15-34-20(28)7-2)12-32-13-25(16-35-21(29)8-3,17-36-22(30)9-4)18-37-23(31)10-5;9-7-5-3-1-2-4-6(5)8(10)11-7;1-4-7(5-2)6-3;2-1-3/h6-14H,1-5,15-22H2,(H,39,40);6-10,26H,1-5,11-18H2;1-4H;4-6H2,1-3H3;1H2. The molecule has 0 aliphatic carbocycles. The van der Waals surface area contributed by atoms with Crippen LogP contribution in [0.1, 0.15) is 62.2 Å². The Kier molecular flexibility index (Phi) is 50.1. The lowest BCUT2D eigenvalue weighted by atomic mass is 9.90. The van der Waals surface area contributed by atoms with Gasteiger partial charge >= 0.3 is 83.6 Å². The molecule has 0 unspecified atom stereocenters. The molecule has 2 N–H and O–H groups in total. The van der Waals surface area contributed by atoms with Crippen molar-refractivity contribution in [3.05, 3.63) is 197 Å². The summed E-state index contributed by atoms with van der Waals surface area (Å²) in [6.07, 6.45) is 8.78. The molecule has 2 aromatic carbocycles. The maximum atomic E-state index is 13.0. The van der Waals surface area contributed by atoms with Gasteiger partial charge in [0.1, 0.15) is 72.7 Å². The summed E-state index contributed by atoms with van der Waals surface area (Å²) < 4.78 is 72.7. The number of rotatable bonds is 46. The smallest absolute Gasteiger partial charge is 0.346 e. The molecule has 31 nitrogen and oxygen atoms in total. The Morgan fingerprint density at radius 2 is 0.575 bits per heavy atom. The lowest BCUT2D eigenvalue weighted by Gasteiger charge is -2.35. The fourth-order valence-corrected chi connectivity index (χ4v) is 7.66. The van der Waals surface area contributed by atoms with Crippen molar-refractivity contribution in [2.45, 2.75) is 20.8 Å². The van der Waals surface area contributed by atoms with Gasteiger partial charge in [-0.25, -0.2) is 67.1 Å². The average molecular weight is 1530 g/mol. The van der Waals surface area contributed by atoms with Crippen LogP contribution < -0.4 is 0 Å². The monoisotopic (exact) mass is 1530 g/mol. The number of fused-ring (bicyclic) bond motifs is 1. The van der Waals surface area contributed by atoms with Crippen LogP contribution in [-0.2, 0) is 114 Å². The van der Waals surface area contributed by atoms with Gasteiger partial charge in [-0.3, -0.25) is 0 Å². The van der Waals surface area contributed by atoms with Gasteiger partial charge in [0, 0.05) is 60.8 Å². The van der Waals surface area contributed by atoms with Crippen molar-refractivity contribution in [2.75, 3.05) is 131 Å². The molecular weight excluding hydrogens is 1440 g/mol. The van der Waals surface area contributed by atoms with Crippen molar-refractivity contribution >= 4 is 107 Å². The molecule has 106 heavy (non-hydrogen) atoms. The second-order valence-corrected chi connectivity index (χ2v) is 22.4. The summed E-state index contributed by atoms with van der Waals surface area (Å²) in [5.41, 5.74) is -6.07. The molecule has 0 bridgehead atoms. The van der Waals surface area contributed by atoms with Crippen LogP contribution in [0, 0.1) is 21.7 Å². The van der Waals surface area contributed by atoms with E-state index in [4.69, 9.17) is 84.8 Å². The largest absolute Gasteiger partial charge is 0.478 e. The number of aliphatic hydroxyl groups excluding tert-OH is 1. The molecular formula is C73H89Cl2NO30. The fourth-order valence-electron chi connectivity index (χ4n) is 7.66. The summed E-state index contributed by atoms with van der Waals surface area (Å²) in [5.74, 6) is -12.1. The number of aromatic carboxylic acids is 1.